The van der Waals surface area contributed by atoms with Crippen molar-refractivity contribution in [2.45, 2.75) is 32.8 Å². The van der Waals surface area contributed by atoms with Crippen molar-refractivity contribution >= 4 is 5.91 Å². The highest BCUT2D eigenvalue weighted by Crippen LogP contribution is 2.12. The molecular weight excluding hydrogens is 314 g/mol. The average Bonchev–Trinajstić information content (AvgIpc) is 2.67. The fourth-order valence-electron chi connectivity index (χ4n) is 2.26. The molecule has 0 saturated carbocycles. The number of nitrogens with one attached hydrogen (secondary N) is 1. The Morgan fingerprint density at radius 3 is 2.40 bits per heavy atom. The van der Waals surface area contributed by atoms with Crippen LogP contribution in [0.25, 0.3) is 0 Å². The number of hydrogen-bond acceptors (Lipinski definition) is 3. The topological polar surface area (TPSA) is 47.6 Å². The van der Waals surface area contributed by atoms with E-state index in [0.717, 1.165) is 37.2 Å². The van der Waals surface area contributed by atoms with Gasteiger partial charge >= 0.3 is 0 Å². The summed E-state index contributed by atoms with van der Waals surface area (Å²) in [5.74, 6) is 0.787. The second-order valence-corrected chi connectivity index (χ2v) is 5.87. The number of carbonyl (C=O) groups is 1. The Labute approximate surface area is 150 Å². The molecule has 0 heterocycles. The van der Waals surface area contributed by atoms with Crippen molar-refractivity contribution in [3.63, 3.8) is 0 Å². The molecule has 0 aliphatic carbocycles. The van der Waals surface area contributed by atoms with Gasteiger partial charge < -0.3 is 14.8 Å². The number of benzene rings is 2. The summed E-state index contributed by atoms with van der Waals surface area (Å²) in [6.07, 6.45) is 3.06. The van der Waals surface area contributed by atoms with Crippen molar-refractivity contribution < 1.29 is 14.3 Å². The molecule has 2 rings (SSSR count). The predicted octanol–water partition coefficient (Wildman–Crippen LogP) is 4.20. The van der Waals surface area contributed by atoms with E-state index in [4.69, 9.17) is 9.47 Å². The third-order valence-corrected chi connectivity index (χ3v) is 3.76. The van der Waals surface area contributed by atoms with Crippen molar-refractivity contribution in [2.24, 2.45) is 0 Å². The molecule has 4 nitrogen and oxygen atoms in total. The highest BCUT2D eigenvalue weighted by Gasteiger charge is 2.05. The molecule has 0 spiro atoms. The summed E-state index contributed by atoms with van der Waals surface area (Å²) in [6, 6.07) is 17.2. The first-order chi connectivity index (χ1) is 12.3. The number of carbonyl (C=O) groups excluding carboxylic acids is 1. The number of unbranched alkanes of at least 4 members (excludes halogenated alkanes) is 1. The molecule has 0 radical (unpaired) electrons. The summed E-state index contributed by atoms with van der Waals surface area (Å²) in [4.78, 5) is 12.1. The van der Waals surface area contributed by atoms with E-state index in [1.807, 2.05) is 54.6 Å². The predicted molar refractivity (Wildman–Crippen MR) is 99.9 cm³/mol. The molecular formula is C21H27NO3. The average molecular weight is 341 g/mol. The molecule has 1 amide bonds. The molecule has 0 fully saturated rings. The number of amides is 1. The fraction of sp³-hybridized carbons (Fsp3) is 0.381. The molecule has 0 aliphatic heterocycles. The van der Waals surface area contributed by atoms with Gasteiger partial charge in [-0.1, -0.05) is 43.7 Å². The summed E-state index contributed by atoms with van der Waals surface area (Å²) in [5.41, 5.74) is 1.69. The van der Waals surface area contributed by atoms with Gasteiger partial charge in [-0.3, -0.25) is 4.79 Å². The van der Waals surface area contributed by atoms with E-state index in [9.17, 15) is 4.79 Å². The third-order valence-electron chi connectivity index (χ3n) is 3.76. The lowest BCUT2D eigenvalue weighted by Gasteiger charge is -2.08. The number of rotatable bonds is 11. The van der Waals surface area contributed by atoms with Crippen LogP contribution >= 0.6 is 0 Å². The number of para-hydroxylation sites is 1. The monoisotopic (exact) mass is 341 g/mol. The summed E-state index contributed by atoms with van der Waals surface area (Å²) in [5, 5.41) is 2.92. The van der Waals surface area contributed by atoms with Crippen molar-refractivity contribution in [3.05, 3.63) is 65.7 Å². The Kier molecular flexibility index (Phi) is 8.56. The molecule has 134 valence electrons. The van der Waals surface area contributed by atoms with Crippen LogP contribution in [-0.2, 0) is 11.3 Å². The van der Waals surface area contributed by atoms with Gasteiger partial charge in [-0.05, 0) is 42.7 Å². The van der Waals surface area contributed by atoms with E-state index in [2.05, 4.69) is 12.2 Å². The van der Waals surface area contributed by atoms with Gasteiger partial charge in [0.2, 0.25) is 0 Å². The maximum absolute atomic E-state index is 12.1. The van der Waals surface area contributed by atoms with Crippen molar-refractivity contribution in [3.8, 4) is 5.75 Å². The Hall–Kier alpha value is -2.33. The summed E-state index contributed by atoms with van der Waals surface area (Å²) < 4.78 is 11.2. The van der Waals surface area contributed by atoms with Gasteiger partial charge in [0.25, 0.3) is 5.91 Å². The van der Waals surface area contributed by atoms with Gasteiger partial charge in [-0.25, -0.2) is 0 Å². The first-order valence-corrected chi connectivity index (χ1v) is 8.92. The molecule has 0 saturated heterocycles. The van der Waals surface area contributed by atoms with Crippen LogP contribution in [0.15, 0.2) is 54.6 Å². The fourth-order valence-corrected chi connectivity index (χ4v) is 2.26. The van der Waals surface area contributed by atoms with Crippen LogP contribution < -0.4 is 10.1 Å². The zero-order valence-electron chi connectivity index (χ0n) is 14.9. The van der Waals surface area contributed by atoms with Gasteiger partial charge in [-0.2, -0.15) is 0 Å². The van der Waals surface area contributed by atoms with E-state index in [0.29, 0.717) is 25.3 Å². The minimum atomic E-state index is -0.0518. The normalized spacial score (nSPS) is 10.4. The highest BCUT2D eigenvalue weighted by molar-refractivity contribution is 5.94. The zero-order chi connectivity index (χ0) is 17.7. The molecule has 0 aliphatic rings. The smallest absolute Gasteiger partial charge is 0.251 e. The van der Waals surface area contributed by atoms with Gasteiger partial charge in [0.1, 0.15) is 12.4 Å². The van der Waals surface area contributed by atoms with Crippen LogP contribution in [-0.4, -0.2) is 25.7 Å². The van der Waals surface area contributed by atoms with Crippen LogP contribution in [0.2, 0.25) is 0 Å². The Morgan fingerprint density at radius 2 is 1.68 bits per heavy atom. The van der Waals surface area contributed by atoms with Crippen molar-refractivity contribution in [1.82, 2.24) is 5.32 Å². The van der Waals surface area contributed by atoms with E-state index in [1.54, 1.807) is 0 Å². The van der Waals surface area contributed by atoms with Crippen molar-refractivity contribution in [2.75, 3.05) is 19.8 Å². The molecule has 2 aromatic carbocycles. The number of hydrogen-bond donors (Lipinski definition) is 1. The van der Waals surface area contributed by atoms with Gasteiger partial charge in [0, 0.05) is 25.3 Å². The molecule has 0 atom stereocenters. The van der Waals surface area contributed by atoms with E-state index >= 15 is 0 Å². The summed E-state index contributed by atoms with van der Waals surface area (Å²) in [7, 11) is 0. The lowest BCUT2D eigenvalue weighted by atomic mass is 10.1. The van der Waals surface area contributed by atoms with Crippen LogP contribution in [0.5, 0.6) is 5.75 Å². The summed E-state index contributed by atoms with van der Waals surface area (Å²) in [6.45, 7) is 4.75. The standard InChI is InChI=1S/C21H27NO3/c1-2-3-15-24-16-7-14-22-21(23)19-12-10-18(11-13-19)17-25-20-8-5-4-6-9-20/h4-6,8-13H,2-3,7,14-17H2,1H3,(H,22,23). The van der Waals surface area contributed by atoms with Crippen molar-refractivity contribution in [1.29, 1.82) is 0 Å². The second-order valence-electron chi connectivity index (χ2n) is 5.87. The largest absolute Gasteiger partial charge is 0.489 e. The van der Waals surface area contributed by atoms with Crippen LogP contribution in [0.3, 0.4) is 0 Å². The van der Waals surface area contributed by atoms with E-state index in [-0.39, 0.29) is 5.91 Å². The zero-order valence-corrected chi connectivity index (χ0v) is 14.9. The quantitative estimate of drug-likeness (QED) is 0.623. The van der Waals surface area contributed by atoms with Gasteiger partial charge in [0.15, 0.2) is 0 Å². The third kappa shape index (κ3) is 7.40. The number of ether oxygens (including phenoxy) is 2. The molecule has 0 unspecified atom stereocenters. The Balaban J connectivity index is 1.67. The Morgan fingerprint density at radius 1 is 0.960 bits per heavy atom. The molecule has 25 heavy (non-hydrogen) atoms. The van der Waals surface area contributed by atoms with E-state index < -0.39 is 0 Å². The molecule has 1 N–H and O–H groups in total. The minimum absolute atomic E-state index is 0.0518. The van der Waals surface area contributed by atoms with Crippen LogP contribution in [0.4, 0.5) is 0 Å². The first-order valence-electron chi connectivity index (χ1n) is 8.92. The molecule has 2 aromatic rings. The maximum atomic E-state index is 12.1. The molecule has 0 bridgehead atoms. The lowest BCUT2D eigenvalue weighted by Crippen LogP contribution is -2.25. The summed E-state index contributed by atoms with van der Waals surface area (Å²) >= 11 is 0. The van der Waals surface area contributed by atoms with E-state index in [1.165, 1.54) is 0 Å². The SMILES string of the molecule is CCCCOCCCNC(=O)c1ccc(COc2ccccc2)cc1. The van der Waals surface area contributed by atoms with Crippen LogP contribution in [0.1, 0.15) is 42.1 Å². The highest BCUT2D eigenvalue weighted by atomic mass is 16.5. The maximum Gasteiger partial charge on any atom is 0.251 e. The minimum Gasteiger partial charge on any atom is -0.489 e. The lowest BCUT2D eigenvalue weighted by molar-refractivity contribution is 0.0940. The second kappa shape index (κ2) is 11.3. The molecule has 0 aromatic heterocycles. The van der Waals surface area contributed by atoms with Crippen LogP contribution in [0, 0.1) is 0 Å². The molecule has 4 heteroatoms. The van der Waals surface area contributed by atoms with Gasteiger partial charge in [-0.15, -0.1) is 0 Å². The first kappa shape index (κ1) is 19.0. The Bertz CT molecular complexity index is 611. The van der Waals surface area contributed by atoms with Gasteiger partial charge in [0.05, 0.1) is 0 Å².